The topological polar surface area (TPSA) is 59.4 Å². The molecule has 0 saturated carbocycles. The molecular formula is C16H17NO3. The maximum absolute atomic E-state index is 10.8. The standard InChI is InChI=1S/C16H17NO3/c1-2-3-10-20-14-8-9-15(17-11-14)12-4-6-13(7-5-12)16(18)19/h4-9,11H,2-3,10H2,1H3,(H,18,19). The van der Waals surface area contributed by atoms with Crippen molar-refractivity contribution in [3.05, 3.63) is 48.2 Å². The number of benzene rings is 1. The molecule has 20 heavy (non-hydrogen) atoms. The molecule has 0 unspecified atom stereocenters. The zero-order chi connectivity index (χ0) is 14.4. The molecule has 4 nitrogen and oxygen atoms in total. The summed E-state index contributed by atoms with van der Waals surface area (Å²) >= 11 is 0. The van der Waals surface area contributed by atoms with E-state index in [1.807, 2.05) is 12.1 Å². The van der Waals surface area contributed by atoms with Crippen LogP contribution in [0.15, 0.2) is 42.6 Å². The second kappa shape index (κ2) is 6.70. The van der Waals surface area contributed by atoms with Crippen LogP contribution in [0, 0.1) is 0 Å². The Morgan fingerprint density at radius 2 is 1.95 bits per heavy atom. The predicted octanol–water partition coefficient (Wildman–Crippen LogP) is 3.63. The van der Waals surface area contributed by atoms with Gasteiger partial charge in [0.15, 0.2) is 0 Å². The van der Waals surface area contributed by atoms with Crippen LogP contribution in [0.4, 0.5) is 0 Å². The first-order valence-electron chi connectivity index (χ1n) is 6.63. The largest absolute Gasteiger partial charge is 0.492 e. The zero-order valence-electron chi connectivity index (χ0n) is 11.4. The first kappa shape index (κ1) is 14.1. The van der Waals surface area contributed by atoms with Gasteiger partial charge in [0.05, 0.1) is 24.1 Å². The fourth-order valence-corrected chi connectivity index (χ4v) is 1.75. The van der Waals surface area contributed by atoms with Crippen molar-refractivity contribution in [2.75, 3.05) is 6.61 Å². The Hall–Kier alpha value is -2.36. The van der Waals surface area contributed by atoms with Crippen LogP contribution in [-0.4, -0.2) is 22.7 Å². The van der Waals surface area contributed by atoms with Gasteiger partial charge >= 0.3 is 5.97 Å². The molecule has 0 bridgehead atoms. The van der Waals surface area contributed by atoms with E-state index in [1.165, 1.54) is 0 Å². The summed E-state index contributed by atoms with van der Waals surface area (Å²) < 4.78 is 5.55. The maximum Gasteiger partial charge on any atom is 0.335 e. The smallest absolute Gasteiger partial charge is 0.335 e. The quantitative estimate of drug-likeness (QED) is 0.815. The van der Waals surface area contributed by atoms with E-state index >= 15 is 0 Å². The van der Waals surface area contributed by atoms with Crippen LogP contribution in [0.25, 0.3) is 11.3 Å². The second-order valence-electron chi connectivity index (χ2n) is 4.46. The Labute approximate surface area is 118 Å². The van der Waals surface area contributed by atoms with Gasteiger partial charge in [-0.25, -0.2) is 4.79 Å². The Balaban J connectivity index is 2.07. The highest BCUT2D eigenvalue weighted by Crippen LogP contribution is 2.20. The molecule has 1 heterocycles. The van der Waals surface area contributed by atoms with Crippen molar-refractivity contribution in [3.63, 3.8) is 0 Å². The lowest BCUT2D eigenvalue weighted by Crippen LogP contribution is -1.97. The molecule has 1 aromatic carbocycles. The van der Waals surface area contributed by atoms with E-state index in [0.717, 1.165) is 29.8 Å². The summed E-state index contributed by atoms with van der Waals surface area (Å²) in [7, 11) is 0. The monoisotopic (exact) mass is 271 g/mol. The molecule has 1 N–H and O–H groups in total. The van der Waals surface area contributed by atoms with Gasteiger partial charge in [0.25, 0.3) is 0 Å². The molecule has 2 rings (SSSR count). The van der Waals surface area contributed by atoms with Gasteiger partial charge < -0.3 is 9.84 Å². The van der Waals surface area contributed by atoms with Gasteiger partial charge in [-0.3, -0.25) is 4.98 Å². The summed E-state index contributed by atoms with van der Waals surface area (Å²) in [5, 5.41) is 8.85. The highest BCUT2D eigenvalue weighted by atomic mass is 16.5. The minimum Gasteiger partial charge on any atom is -0.492 e. The number of pyridine rings is 1. The SMILES string of the molecule is CCCCOc1ccc(-c2ccc(C(=O)O)cc2)nc1. The van der Waals surface area contributed by atoms with E-state index < -0.39 is 5.97 Å². The molecule has 0 aliphatic heterocycles. The average molecular weight is 271 g/mol. The van der Waals surface area contributed by atoms with Crippen molar-refractivity contribution in [3.8, 4) is 17.0 Å². The lowest BCUT2D eigenvalue weighted by atomic mass is 10.1. The molecular weight excluding hydrogens is 254 g/mol. The highest BCUT2D eigenvalue weighted by Gasteiger charge is 2.04. The molecule has 104 valence electrons. The number of aromatic carboxylic acids is 1. The summed E-state index contributed by atoms with van der Waals surface area (Å²) in [6, 6.07) is 10.4. The Kier molecular flexibility index (Phi) is 4.71. The third-order valence-corrected chi connectivity index (χ3v) is 2.93. The molecule has 2 aromatic rings. The average Bonchev–Trinajstić information content (AvgIpc) is 2.48. The number of hydrogen-bond acceptors (Lipinski definition) is 3. The first-order chi connectivity index (χ1) is 9.70. The van der Waals surface area contributed by atoms with Crippen LogP contribution in [-0.2, 0) is 0 Å². The van der Waals surface area contributed by atoms with E-state index in [9.17, 15) is 4.79 Å². The van der Waals surface area contributed by atoms with Crippen molar-refractivity contribution in [1.29, 1.82) is 0 Å². The molecule has 4 heteroatoms. The maximum atomic E-state index is 10.8. The van der Waals surface area contributed by atoms with Crippen molar-refractivity contribution in [1.82, 2.24) is 4.98 Å². The van der Waals surface area contributed by atoms with Crippen LogP contribution in [0.5, 0.6) is 5.75 Å². The summed E-state index contributed by atoms with van der Waals surface area (Å²) in [5.74, 6) is -0.173. The highest BCUT2D eigenvalue weighted by molar-refractivity contribution is 5.88. The first-order valence-corrected chi connectivity index (χ1v) is 6.63. The van der Waals surface area contributed by atoms with E-state index in [2.05, 4.69) is 11.9 Å². The number of hydrogen-bond donors (Lipinski definition) is 1. The number of ether oxygens (including phenoxy) is 1. The van der Waals surface area contributed by atoms with Crippen LogP contribution >= 0.6 is 0 Å². The number of carboxylic acids is 1. The van der Waals surface area contributed by atoms with E-state index in [4.69, 9.17) is 9.84 Å². The number of aromatic nitrogens is 1. The summed E-state index contributed by atoms with van der Waals surface area (Å²) in [5.41, 5.74) is 1.95. The fraction of sp³-hybridized carbons (Fsp3) is 0.250. The lowest BCUT2D eigenvalue weighted by Gasteiger charge is -2.06. The van der Waals surface area contributed by atoms with Gasteiger partial charge in [-0.15, -0.1) is 0 Å². The Bertz CT molecular complexity index is 561. The lowest BCUT2D eigenvalue weighted by molar-refractivity contribution is 0.0697. The summed E-state index contributed by atoms with van der Waals surface area (Å²) in [6.45, 7) is 2.82. The van der Waals surface area contributed by atoms with Gasteiger partial charge in [-0.1, -0.05) is 25.5 Å². The summed E-state index contributed by atoms with van der Waals surface area (Å²) in [6.07, 6.45) is 3.82. The van der Waals surface area contributed by atoms with E-state index in [1.54, 1.807) is 30.5 Å². The third kappa shape index (κ3) is 3.57. The normalized spacial score (nSPS) is 10.2. The molecule has 0 aliphatic rings. The van der Waals surface area contributed by atoms with E-state index in [0.29, 0.717) is 6.61 Å². The van der Waals surface area contributed by atoms with Gasteiger partial charge in [-0.05, 0) is 30.7 Å². The van der Waals surface area contributed by atoms with Crippen molar-refractivity contribution in [2.45, 2.75) is 19.8 Å². The summed E-state index contributed by atoms with van der Waals surface area (Å²) in [4.78, 5) is 15.1. The molecule has 0 saturated heterocycles. The molecule has 0 amide bonds. The van der Waals surface area contributed by atoms with Crippen molar-refractivity contribution in [2.24, 2.45) is 0 Å². The number of unbranched alkanes of at least 4 members (excludes halogenated alkanes) is 1. The third-order valence-electron chi connectivity index (χ3n) is 2.93. The minimum atomic E-state index is -0.927. The molecule has 0 radical (unpaired) electrons. The van der Waals surface area contributed by atoms with Crippen LogP contribution in [0.2, 0.25) is 0 Å². The van der Waals surface area contributed by atoms with Gasteiger partial charge in [0.1, 0.15) is 5.75 Å². The molecule has 0 spiro atoms. The Morgan fingerprint density at radius 1 is 1.20 bits per heavy atom. The van der Waals surface area contributed by atoms with Crippen LogP contribution in [0.3, 0.4) is 0 Å². The van der Waals surface area contributed by atoms with Crippen LogP contribution < -0.4 is 4.74 Å². The van der Waals surface area contributed by atoms with Crippen molar-refractivity contribution < 1.29 is 14.6 Å². The van der Waals surface area contributed by atoms with E-state index in [-0.39, 0.29) is 5.56 Å². The number of rotatable bonds is 6. The van der Waals surface area contributed by atoms with Gasteiger partial charge in [-0.2, -0.15) is 0 Å². The van der Waals surface area contributed by atoms with Gasteiger partial charge in [0, 0.05) is 5.56 Å². The van der Waals surface area contributed by atoms with Gasteiger partial charge in [0.2, 0.25) is 0 Å². The van der Waals surface area contributed by atoms with Crippen molar-refractivity contribution >= 4 is 5.97 Å². The molecule has 1 aromatic heterocycles. The molecule has 0 atom stereocenters. The number of carbonyl (C=O) groups is 1. The molecule has 0 aliphatic carbocycles. The molecule has 0 fully saturated rings. The fourth-order valence-electron chi connectivity index (χ4n) is 1.75. The Morgan fingerprint density at radius 3 is 2.50 bits per heavy atom. The zero-order valence-corrected chi connectivity index (χ0v) is 11.4. The van der Waals surface area contributed by atoms with Crippen LogP contribution in [0.1, 0.15) is 30.1 Å². The minimum absolute atomic E-state index is 0.272. The predicted molar refractivity (Wildman–Crippen MR) is 77.0 cm³/mol. The second-order valence-corrected chi connectivity index (χ2v) is 4.46. The number of nitrogens with zero attached hydrogens (tertiary/aromatic N) is 1. The number of carboxylic acid groups (broad SMARTS) is 1.